The van der Waals surface area contributed by atoms with E-state index in [2.05, 4.69) is 10.6 Å². The Kier molecular flexibility index (Phi) is 7.60. The first-order valence-electron chi connectivity index (χ1n) is 8.70. The zero-order valence-electron chi connectivity index (χ0n) is 15.0. The maximum Gasteiger partial charge on any atom is 0.321 e. The van der Waals surface area contributed by atoms with E-state index in [1.807, 2.05) is 0 Å². The SMILES string of the molecule is CCNC(=O)NC(=O)COC(=O)C1CCN(C(=O)c2ccc(Cl)cc2)CC1. The van der Waals surface area contributed by atoms with Crippen LogP contribution < -0.4 is 10.6 Å². The number of hydrogen-bond acceptors (Lipinski definition) is 5. The molecule has 0 bridgehead atoms. The van der Waals surface area contributed by atoms with Gasteiger partial charge in [0, 0.05) is 30.2 Å². The molecule has 0 saturated carbocycles. The van der Waals surface area contributed by atoms with Gasteiger partial charge in [0.1, 0.15) is 0 Å². The Morgan fingerprint density at radius 3 is 2.37 bits per heavy atom. The summed E-state index contributed by atoms with van der Waals surface area (Å²) in [4.78, 5) is 48.9. The van der Waals surface area contributed by atoms with Crippen LogP contribution >= 0.6 is 11.6 Å². The van der Waals surface area contributed by atoms with Crippen LogP contribution in [0.5, 0.6) is 0 Å². The van der Waals surface area contributed by atoms with Crippen LogP contribution in [-0.2, 0) is 14.3 Å². The van der Waals surface area contributed by atoms with Crippen LogP contribution in [-0.4, -0.2) is 55.0 Å². The van der Waals surface area contributed by atoms with Gasteiger partial charge in [-0.25, -0.2) is 4.79 Å². The molecule has 9 heteroatoms. The van der Waals surface area contributed by atoms with Crippen LogP contribution in [0.4, 0.5) is 4.79 Å². The normalized spacial score (nSPS) is 14.4. The lowest BCUT2D eigenvalue weighted by Gasteiger charge is -2.31. The predicted molar refractivity (Wildman–Crippen MR) is 98.3 cm³/mol. The monoisotopic (exact) mass is 395 g/mol. The van der Waals surface area contributed by atoms with Gasteiger partial charge < -0.3 is 15.0 Å². The molecule has 27 heavy (non-hydrogen) atoms. The van der Waals surface area contributed by atoms with Crippen molar-refractivity contribution in [2.24, 2.45) is 5.92 Å². The van der Waals surface area contributed by atoms with Gasteiger partial charge in [0.2, 0.25) is 0 Å². The van der Waals surface area contributed by atoms with Gasteiger partial charge in [-0.15, -0.1) is 0 Å². The lowest BCUT2D eigenvalue weighted by Crippen LogP contribution is -2.43. The highest BCUT2D eigenvalue weighted by Gasteiger charge is 2.29. The number of hydrogen-bond donors (Lipinski definition) is 2. The number of rotatable bonds is 5. The number of piperidine rings is 1. The summed E-state index contributed by atoms with van der Waals surface area (Å²) in [6.45, 7) is 2.43. The molecule has 2 rings (SSSR count). The van der Waals surface area contributed by atoms with E-state index in [0.29, 0.717) is 43.1 Å². The fourth-order valence-electron chi connectivity index (χ4n) is 2.72. The Morgan fingerprint density at radius 2 is 1.78 bits per heavy atom. The molecule has 1 aliphatic rings. The summed E-state index contributed by atoms with van der Waals surface area (Å²) in [5.74, 6) is -1.68. The van der Waals surface area contributed by atoms with E-state index in [0.717, 1.165) is 0 Å². The van der Waals surface area contributed by atoms with E-state index < -0.39 is 24.5 Å². The second-order valence-electron chi connectivity index (χ2n) is 6.09. The minimum absolute atomic E-state index is 0.111. The summed E-state index contributed by atoms with van der Waals surface area (Å²) in [6.07, 6.45) is 0.909. The number of likely N-dealkylation sites (tertiary alicyclic amines) is 1. The molecule has 4 amide bonds. The molecule has 0 aromatic heterocycles. The standard InChI is InChI=1S/C18H22ClN3O5/c1-2-20-18(26)21-15(23)11-27-17(25)13-7-9-22(10-8-13)16(24)12-3-5-14(19)6-4-12/h3-6,13H,2,7-11H2,1H3,(H2,20,21,23,26). The molecule has 0 radical (unpaired) electrons. The number of nitrogens with zero attached hydrogens (tertiary/aromatic N) is 1. The molecule has 1 aliphatic heterocycles. The van der Waals surface area contributed by atoms with Crippen molar-refractivity contribution < 1.29 is 23.9 Å². The molecule has 1 aromatic carbocycles. The Bertz CT molecular complexity index is 699. The fraction of sp³-hybridized carbons (Fsp3) is 0.444. The van der Waals surface area contributed by atoms with Crippen LogP contribution in [0.25, 0.3) is 0 Å². The first-order chi connectivity index (χ1) is 12.9. The number of carbonyl (C=O) groups excluding carboxylic acids is 4. The van der Waals surface area contributed by atoms with Crippen molar-refractivity contribution in [2.75, 3.05) is 26.2 Å². The zero-order valence-corrected chi connectivity index (χ0v) is 15.8. The van der Waals surface area contributed by atoms with Gasteiger partial charge in [-0.1, -0.05) is 11.6 Å². The molecule has 0 aliphatic carbocycles. The molecule has 1 heterocycles. The lowest BCUT2D eigenvalue weighted by molar-refractivity contribution is -0.153. The first kappa shape index (κ1) is 20.7. The quantitative estimate of drug-likeness (QED) is 0.736. The summed E-state index contributed by atoms with van der Waals surface area (Å²) >= 11 is 5.82. The van der Waals surface area contributed by atoms with Crippen LogP contribution in [0.15, 0.2) is 24.3 Å². The maximum absolute atomic E-state index is 12.4. The number of carbonyl (C=O) groups is 4. The van der Waals surface area contributed by atoms with E-state index >= 15 is 0 Å². The molecule has 2 N–H and O–H groups in total. The van der Waals surface area contributed by atoms with E-state index in [1.165, 1.54) is 0 Å². The molecule has 1 fully saturated rings. The minimum Gasteiger partial charge on any atom is -0.455 e. The highest BCUT2D eigenvalue weighted by atomic mass is 35.5. The van der Waals surface area contributed by atoms with E-state index in [-0.39, 0.29) is 11.8 Å². The molecule has 1 aromatic rings. The summed E-state index contributed by atoms with van der Waals surface area (Å²) in [6, 6.07) is 6.01. The lowest BCUT2D eigenvalue weighted by atomic mass is 9.96. The van der Waals surface area contributed by atoms with Crippen molar-refractivity contribution in [3.8, 4) is 0 Å². The van der Waals surface area contributed by atoms with Crippen LogP contribution in [0.1, 0.15) is 30.1 Å². The third-order valence-corrected chi connectivity index (χ3v) is 4.39. The van der Waals surface area contributed by atoms with Crippen molar-refractivity contribution >= 4 is 35.4 Å². The summed E-state index contributed by atoms with van der Waals surface area (Å²) in [7, 11) is 0. The van der Waals surface area contributed by atoms with E-state index in [1.54, 1.807) is 36.1 Å². The summed E-state index contributed by atoms with van der Waals surface area (Å²) in [5.41, 5.74) is 0.544. The minimum atomic E-state index is -0.690. The zero-order chi connectivity index (χ0) is 19.8. The number of halogens is 1. The fourth-order valence-corrected chi connectivity index (χ4v) is 2.84. The number of imide groups is 1. The van der Waals surface area contributed by atoms with Crippen LogP contribution in [0.3, 0.4) is 0 Å². The molecule has 8 nitrogen and oxygen atoms in total. The van der Waals surface area contributed by atoms with Gasteiger partial charge in [0.15, 0.2) is 6.61 Å². The Morgan fingerprint density at radius 1 is 1.15 bits per heavy atom. The molecule has 146 valence electrons. The van der Waals surface area contributed by atoms with E-state index in [4.69, 9.17) is 16.3 Å². The van der Waals surface area contributed by atoms with Crippen molar-refractivity contribution in [1.29, 1.82) is 0 Å². The van der Waals surface area contributed by atoms with Crippen LogP contribution in [0.2, 0.25) is 5.02 Å². The summed E-state index contributed by atoms with van der Waals surface area (Å²) in [5, 5.41) is 5.02. The summed E-state index contributed by atoms with van der Waals surface area (Å²) < 4.78 is 4.97. The highest BCUT2D eigenvalue weighted by molar-refractivity contribution is 6.30. The van der Waals surface area contributed by atoms with Gasteiger partial charge in [-0.3, -0.25) is 19.7 Å². The smallest absolute Gasteiger partial charge is 0.321 e. The third-order valence-electron chi connectivity index (χ3n) is 4.14. The van der Waals surface area contributed by atoms with Crippen molar-refractivity contribution in [1.82, 2.24) is 15.5 Å². The second kappa shape index (κ2) is 9.91. The first-order valence-corrected chi connectivity index (χ1v) is 9.07. The third kappa shape index (κ3) is 6.25. The van der Waals surface area contributed by atoms with Gasteiger partial charge >= 0.3 is 12.0 Å². The molecular formula is C18H22ClN3O5. The molecule has 0 unspecified atom stereocenters. The predicted octanol–water partition coefficient (Wildman–Crippen LogP) is 1.58. The number of ether oxygens (including phenoxy) is 1. The topological polar surface area (TPSA) is 105 Å². The van der Waals surface area contributed by atoms with Gasteiger partial charge in [-0.05, 0) is 44.0 Å². The molecule has 0 spiro atoms. The largest absolute Gasteiger partial charge is 0.455 e. The molecule has 0 atom stereocenters. The van der Waals surface area contributed by atoms with E-state index in [9.17, 15) is 19.2 Å². The number of amides is 4. The second-order valence-corrected chi connectivity index (χ2v) is 6.53. The number of benzene rings is 1. The molecular weight excluding hydrogens is 374 g/mol. The van der Waals surface area contributed by atoms with Crippen LogP contribution in [0, 0.1) is 5.92 Å². The van der Waals surface area contributed by atoms with Gasteiger partial charge in [0.05, 0.1) is 5.92 Å². The number of esters is 1. The number of urea groups is 1. The average molecular weight is 396 g/mol. The highest BCUT2D eigenvalue weighted by Crippen LogP contribution is 2.21. The van der Waals surface area contributed by atoms with Gasteiger partial charge in [-0.2, -0.15) is 0 Å². The number of nitrogens with one attached hydrogen (secondary N) is 2. The molecule has 1 saturated heterocycles. The average Bonchev–Trinajstić information content (AvgIpc) is 2.66. The Hall–Kier alpha value is -2.61. The van der Waals surface area contributed by atoms with Crippen molar-refractivity contribution in [3.05, 3.63) is 34.9 Å². The van der Waals surface area contributed by atoms with Crippen molar-refractivity contribution in [3.63, 3.8) is 0 Å². The van der Waals surface area contributed by atoms with Crippen molar-refractivity contribution in [2.45, 2.75) is 19.8 Å². The Balaban J connectivity index is 1.75. The maximum atomic E-state index is 12.4. The van der Waals surface area contributed by atoms with Gasteiger partial charge in [0.25, 0.3) is 11.8 Å². The Labute approximate surface area is 162 Å².